The molecule has 22 heavy (non-hydrogen) atoms. The quantitative estimate of drug-likeness (QED) is 0.362. The highest BCUT2D eigenvalue weighted by atomic mass is 35.5. The Bertz CT molecular complexity index is 485. The third-order valence-electron chi connectivity index (χ3n) is 3.64. The van der Waals surface area contributed by atoms with Gasteiger partial charge in [0.1, 0.15) is 0 Å². The molecule has 0 amide bonds. The van der Waals surface area contributed by atoms with E-state index in [2.05, 4.69) is 28.1 Å². The second kappa shape index (κ2) is 9.12. The van der Waals surface area contributed by atoms with Gasteiger partial charge in [-0.15, -0.1) is 0 Å². The third kappa shape index (κ3) is 7.77. The van der Waals surface area contributed by atoms with Gasteiger partial charge in [-0.2, -0.15) is 0 Å². The fourth-order valence-corrected chi connectivity index (χ4v) is 2.64. The molecule has 0 saturated heterocycles. The number of unbranched alkanes of at least 4 members (excludes halogenated alkanes) is 2. The first-order valence-electron chi connectivity index (χ1n) is 8.10. The largest absolute Gasteiger partial charge is 0.330 e. The summed E-state index contributed by atoms with van der Waals surface area (Å²) in [6.45, 7) is 3.07. The Kier molecular flexibility index (Phi) is 7.84. The molecule has 0 spiro atoms. The smallest absolute Gasteiger partial charge is 0.164 e. The molecule has 0 aliphatic heterocycles. The zero-order chi connectivity index (χ0) is 16.6. The zero-order valence-electron chi connectivity index (χ0n) is 14.3. The van der Waals surface area contributed by atoms with Crippen LogP contribution < -0.4 is 0 Å². The minimum atomic E-state index is 0.107. The molecule has 0 aliphatic rings. The lowest BCUT2D eigenvalue weighted by molar-refractivity contribution is -0.872. The van der Waals surface area contributed by atoms with Gasteiger partial charge < -0.3 is 4.48 Å². The van der Waals surface area contributed by atoms with Gasteiger partial charge in [0, 0.05) is 5.02 Å². The van der Waals surface area contributed by atoms with Gasteiger partial charge in [0.2, 0.25) is 0 Å². The van der Waals surface area contributed by atoms with E-state index in [1.807, 2.05) is 30.3 Å². The molecule has 0 aliphatic carbocycles. The van der Waals surface area contributed by atoms with Gasteiger partial charge >= 0.3 is 0 Å². The number of rotatable bonds is 9. The van der Waals surface area contributed by atoms with Crippen molar-refractivity contribution in [1.29, 1.82) is 0 Å². The van der Waals surface area contributed by atoms with Gasteiger partial charge in [0.25, 0.3) is 0 Å². The molecule has 0 aromatic heterocycles. The van der Waals surface area contributed by atoms with Crippen molar-refractivity contribution < 1.29 is 9.28 Å². The van der Waals surface area contributed by atoms with Crippen LogP contribution in [-0.4, -0.2) is 38.0 Å². The van der Waals surface area contributed by atoms with Crippen molar-refractivity contribution in [1.82, 2.24) is 0 Å². The first-order chi connectivity index (χ1) is 10.3. The number of halogens is 1. The average Bonchev–Trinajstić information content (AvgIpc) is 2.44. The van der Waals surface area contributed by atoms with Crippen molar-refractivity contribution in [3.63, 3.8) is 0 Å². The normalized spacial score (nSPS) is 13.5. The lowest BCUT2D eigenvalue weighted by atomic mass is 9.95. The molecule has 0 radical (unpaired) electrons. The molecule has 0 fully saturated rings. The van der Waals surface area contributed by atoms with Crippen LogP contribution in [0, 0.1) is 5.92 Å². The summed E-state index contributed by atoms with van der Waals surface area (Å²) in [7, 11) is 6.43. The Morgan fingerprint density at radius 3 is 2.36 bits per heavy atom. The second-order valence-corrected chi connectivity index (χ2v) is 7.39. The van der Waals surface area contributed by atoms with Crippen molar-refractivity contribution >= 4 is 23.5 Å². The lowest BCUT2D eigenvalue weighted by Crippen LogP contribution is -2.41. The average molecular weight is 323 g/mol. The van der Waals surface area contributed by atoms with Crippen molar-refractivity contribution in [2.45, 2.75) is 32.6 Å². The van der Waals surface area contributed by atoms with Crippen LogP contribution in [0.15, 0.2) is 30.3 Å². The standard InChI is InChI=1S/C19H29ClNO/c1-5-6-7-8-17(15-21(2,3)4)19(22)14-11-16-9-12-18(20)13-10-16/h9-14,17H,5-8,15H2,1-4H3/q+1/b14-11+/t17-/m1/s1. The van der Waals surface area contributed by atoms with Gasteiger partial charge in [-0.05, 0) is 30.2 Å². The molecule has 0 N–H and O–H groups in total. The summed E-state index contributed by atoms with van der Waals surface area (Å²) in [5.41, 5.74) is 1.01. The van der Waals surface area contributed by atoms with Crippen molar-refractivity contribution in [2.75, 3.05) is 27.7 Å². The van der Waals surface area contributed by atoms with E-state index in [0.717, 1.165) is 29.4 Å². The fraction of sp³-hybridized carbons (Fsp3) is 0.526. The monoisotopic (exact) mass is 322 g/mol. The molecule has 1 aromatic rings. The van der Waals surface area contributed by atoms with Crippen LogP contribution >= 0.6 is 11.6 Å². The number of benzene rings is 1. The van der Waals surface area contributed by atoms with Crippen LogP contribution in [0.2, 0.25) is 5.02 Å². The number of hydrogen-bond donors (Lipinski definition) is 0. The summed E-state index contributed by atoms with van der Waals surface area (Å²) in [6.07, 6.45) is 8.11. The third-order valence-corrected chi connectivity index (χ3v) is 3.89. The van der Waals surface area contributed by atoms with E-state index in [1.165, 1.54) is 12.8 Å². The molecule has 0 heterocycles. The van der Waals surface area contributed by atoms with Gasteiger partial charge in [0.05, 0.1) is 33.6 Å². The van der Waals surface area contributed by atoms with E-state index in [1.54, 1.807) is 6.08 Å². The van der Waals surface area contributed by atoms with Crippen molar-refractivity contribution in [2.24, 2.45) is 5.92 Å². The predicted molar refractivity (Wildman–Crippen MR) is 96.0 cm³/mol. The fourth-order valence-electron chi connectivity index (χ4n) is 2.51. The molecule has 1 atom stereocenters. The highest BCUT2D eigenvalue weighted by Crippen LogP contribution is 2.16. The number of quaternary nitrogens is 1. The predicted octanol–water partition coefficient (Wildman–Crippen LogP) is 4.83. The van der Waals surface area contributed by atoms with Crippen molar-refractivity contribution in [3.05, 3.63) is 40.9 Å². The van der Waals surface area contributed by atoms with Crippen LogP contribution in [0.1, 0.15) is 38.2 Å². The number of ketones is 1. The maximum Gasteiger partial charge on any atom is 0.164 e. The Morgan fingerprint density at radius 2 is 1.82 bits per heavy atom. The number of hydrogen-bond acceptors (Lipinski definition) is 1. The molecule has 0 saturated carbocycles. The van der Waals surface area contributed by atoms with E-state index < -0.39 is 0 Å². The van der Waals surface area contributed by atoms with E-state index in [-0.39, 0.29) is 11.7 Å². The van der Waals surface area contributed by atoms with E-state index in [0.29, 0.717) is 5.02 Å². The second-order valence-electron chi connectivity index (χ2n) is 6.95. The summed E-state index contributed by atoms with van der Waals surface area (Å²) in [5.74, 6) is 0.342. The summed E-state index contributed by atoms with van der Waals surface area (Å²) in [5, 5.41) is 0.714. The minimum absolute atomic E-state index is 0.107. The maximum absolute atomic E-state index is 12.5. The summed E-state index contributed by atoms with van der Waals surface area (Å²) in [4.78, 5) is 12.5. The van der Waals surface area contributed by atoms with E-state index >= 15 is 0 Å². The Labute approximate surface area is 140 Å². The molecule has 0 bridgehead atoms. The number of allylic oxidation sites excluding steroid dienone is 1. The summed E-state index contributed by atoms with van der Waals surface area (Å²) >= 11 is 5.88. The Hall–Kier alpha value is -1.12. The van der Waals surface area contributed by atoms with Gasteiger partial charge in [-0.25, -0.2) is 0 Å². The summed E-state index contributed by atoms with van der Waals surface area (Å²) < 4.78 is 0.817. The molecule has 0 unspecified atom stereocenters. The molecular formula is C19H29ClNO+. The number of nitrogens with zero attached hydrogens (tertiary/aromatic N) is 1. The van der Waals surface area contributed by atoms with Crippen LogP contribution in [0.5, 0.6) is 0 Å². The van der Waals surface area contributed by atoms with Crippen LogP contribution in [-0.2, 0) is 4.79 Å². The lowest BCUT2D eigenvalue weighted by Gasteiger charge is -2.28. The number of carbonyl (C=O) groups excluding carboxylic acids is 1. The topological polar surface area (TPSA) is 17.1 Å². The zero-order valence-corrected chi connectivity index (χ0v) is 15.1. The molecule has 122 valence electrons. The SMILES string of the molecule is CCCCC[C@H](C[N+](C)(C)C)C(=O)/C=C/c1ccc(Cl)cc1. The molecule has 3 heteroatoms. The number of carbonyl (C=O) groups is 1. The minimum Gasteiger partial charge on any atom is -0.330 e. The highest BCUT2D eigenvalue weighted by Gasteiger charge is 2.23. The van der Waals surface area contributed by atoms with Crippen LogP contribution in [0.25, 0.3) is 6.08 Å². The van der Waals surface area contributed by atoms with Crippen molar-refractivity contribution in [3.8, 4) is 0 Å². The highest BCUT2D eigenvalue weighted by molar-refractivity contribution is 6.30. The maximum atomic E-state index is 12.5. The first-order valence-corrected chi connectivity index (χ1v) is 8.47. The molecule has 2 nitrogen and oxygen atoms in total. The summed E-state index contributed by atoms with van der Waals surface area (Å²) in [6, 6.07) is 7.54. The van der Waals surface area contributed by atoms with E-state index in [4.69, 9.17) is 11.6 Å². The van der Waals surface area contributed by atoms with Gasteiger partial charge in [0.15, 0.2) is 5.78 Å². The Balaban J connectivity index is 2.70. The molecular weight excluding hydrogens is 294 g/mol. The molecule has 1 rings (SSSR count). The van der Waals surface area contributed by atoms with Gasteiger partial charge in [-0.3, -0.25) is 4.79 Å². The van der Waals surface area contributed by atoms with Crippen LogP contribution in [0.3, 0.4) is 0 Å². The van der Waals surface area contributed by atoms with E-state index in [9.17, 15) is 4.79 Å². The molecule has 1 aromatic carbocycles. The van der Waals surface area contributed by atoms with Crippen LogP contribution in [0.4, 0.5) is 0 Å². The van der Waals surface area contributed by atoms with Gasteiger partial charge in [-0.1, -0.05) is 56.0 Å². The Morgan fingerprint density at radius 1 is 1.18 bits per heavy atom. The first kappa shape index (κ1) is 18.9.